The second kappa shape index (κ2) is 4.03. The normalized spacial score (nSPS) is 12.0. The molecule has 12 heavy (non-hydrogen) atoms. The molecule has 3 heteroatoms. The molecule has 0 aromatic heterocycles. The average molecular weight is 179 g/mol. The fraction of sp³-hybridized carbons (Fsp3) is 0.222. The highest BCUT2D eigenvalue weighted by Gasteiger charge is 2.03. The Balaban J connectivity index is 3.10. The molecule has 1 rings (SSSR count). The zero-order valence-electron chi connectivity index (χ0n) is 6.78. The van der Waals surface area contributed by atoms with E-state index in [0.717, 1.165) is 10.5 Å². The van der Waals surface area contributed by atoms with Crippen LogP contribution in [0.25, 0.3) is 0 Å². The summed E-state index contributed by atoms with van der Waals surface area (Å²) in [5.41, 5.74) is 0.862. The highest BCUT2D eigenvalue weighted by atomic mass is 32.2. The van der Waals surface area contributed by atoms with E-state index in [0.29, 0.717) is 6.42 Å². The van der Waals surface area contributed by atoms with Crippen molar-refractivity contribution in [3.63, 3.8) is 0 Å². The summed E-state index contributed by atoms with van der Waals surface area (Å²) in [6, 6.07) is 9.35. The summed E-state index contributed by atoms with van der Waals surface area (Å²) in [5.74, 6) is 0. The highest BCUT2D eigenvalue weighted by molar-refractivity contribution is 7.84. The fourth-order valence-electron chi connectivity index (χ4n) is 1.02. The van der Waals surface area contributed by atoms with Crippen LogP contribution in [0.2, 0.25) is 0 Å². The van der Waals surface area contributed by atoms with Crippen LogP contribution in [0.4, 0.5) is 0 Å². The van der Waals surface area contributed by atoms with Crippen molar-refractivity contribution in [2.75, 3.05) is 6.26 Å². The molecule has 0 aliphatic heterocycles. The van der Waals surface area contributed by atoms with Crippen molar-refractivity contribution in [1.29, 1.82) is 5.26 Å². The van der Waals surface area contributed by atoms with Gasteiger partial charge in [0, 0.05) is 11.2 Å². The largest absolute Gasteiger partial charge is 0.255 e. The standard InChI is InChI=1S/C9H9NOS/c1-12(11)9-5-3-2-4-8(9)6-7-10/h2-5H,6H2,1H3. The van der Waals surface area contributed by atoms with Crippen molar-refractivity contribution in [3.05, 3.63) is 29.8 Å². The quantitative estimate of drug-likeness (QED) is 0.690. The molecule has 0 saturated carbocycles. The van der Waals surface area contributed by atoms with Gasteiger partial charge in [-0.3, -0.25) is 4.21 Å². The number of hydrogen-bond donors (Lipinski definition) is 0. The van der Waals surface area contributed by atoms with Crippen LogP contribution >= 0.6 is 0 Å². The Morgan fingerprint density at radius 2 is 2.17 bits per heavy atom. The molecule has 62 valence electrons. The molecular weight excluding hydrogens is 170 g/mol. The minimum Gasteiger partial charge on any atom is -0.255 e. The van der Waals surface area contributed by atoms with Gasteiger partial charge in [0.25, 0.3) is 0 Å². The van der Waals surface area contributed by atoms with Gasteiger partial charge in [0.2, 0.25) is 0 Å². The van der Waals surface area contributed by atoms with Crippen LogP contribution in [0.5, 0.6) is 0 Å². The van der Waals surface area contributed by atoms with Crippen molar-refractivity contribution >= 4 is 10.8 Å². The van der Waals surface area contributed by atoms with Crippen molar-refractivity contribution < 1.29 is 4.21 Å². The van der Waals surface area contributed by atoms with Crippen LogP contribution in [0.3, 0.4) is 0 Å². The van der Waals surface area contributed by atoms with Crippen LogP contribution < -0.4 is 0 Å². The van der Waals surface area contributed by atoms with E-state index in [-0.39, 0.29) is 0 Å². The topological polar surface area (TPSA) is 40.9 Å². The lowest BCUT2D eigenvalue weighted by atomic mass is 10.2. The number of hydrogen-bond acceptors (Lipinski definition) is 2. The Kier molecular flexibility index (Phi) is 3.01. The van der Waals surface area contributed by atoms with E-state index in [4.69, 9.17) is 5.26 Å². The van der Waals surface area contributed by atoms with Gasteiger partial charge in [0.1, 0.15) is 0 Å². The van der Waals surface area contributed by atoms with Gasteiger partial charge in [-0.2, -0.15) is 5.26 Å². The molecule has 1 aromatic carbocycles. The maximum atomic E-state index is 11.1. The first kappa shape index (κ1) is 8.95. The van der Waals surface area contributed by atoms with E-state index in [9.17, 15) is 4.21 Å². The van der Waals surface area contributed by atoms with Gasteiger partial charge in [0.15, 0.2) is 0 Å². The summed E-state index contributed by atoms with van der Waals surface area (Å²) in [5, 5.41) is 8.48. The van der Waals surface area contributed by atoms with E-state index in [1.165, 1.54) is 0 Å². The molecule has 0 spiro atoms. The SMILES string of the molecule is CS(=O)c1ccccc1CC#N. The Morgan fingerprint density at radius 3 is 2.75 bits per heavy atom. The summed E-state index contributed by atoms with van der Waals surface area (Å²) < 4.78 is 11.1. The van der Waals surface area contributed by atoms with Gasteiger partial charge >= 0.3 is 0 Å². The van der Waals surface area contributed by atoms with Crippen LogP contribution in [0, 0.1) is 11.3 Å². The Bertz CT molecular complexity index is 341. The first-order valence-corrected chi connectivity index (χ1v) is 5.10. The summed E-state index contributed by atoms with van der Waals surface area (Å²) in [6.07, 6.45) is 1.95. The number of nitriles is 1. The van der Waals surface area contributed by atoms with E-state index in [1.54, 1.807) is 12.3 Å². The summed E-state index contributed by atoms with van der Waals surface area (Å²) in [7, 11) is -0.993. The van der Waals surface area contributed by atoms with E-state index >= 15 is 0 Å². The monoisotopic (exact) mass is 179 g/mol. The molecule has 0 heterocycles. The lowest BCUT2D eigenvalue weighted by molar-refractivity contribution is 0.686. The molecule has 1 aromatic rings. The zero-order valence-corrected chi connectivity index (χ0v) is 7.60. The smallest absolute Gasteiger partial charge is 0.0670 e. The molecule has 0 aliphatic rings. The predicted octanol–water partition coefficient (Wildman–Crippen LogP) is 1.49. The van der Waals surface area contributed by atoms with E-state index in [1.807, 2.05) is 24.3 Å². The number of nitrogens with zero attached hydrogens (tertiary/aromatic N) is 1. The Labute approximate surface area is 74.3 Å². The molecule has 1 atom stereocenters. The van der Waals surface area contributed by atoms with Gasteiger partial charge in [-0.15, -0.1) is 0 Å². The molecule has 0 saturated heterocycles. The maximum Gasteiger partial charge on any atom is 0.0670 e. The second-order valence-electron chi connectivity index (χ2n) is 2.40. The molecule has 0 N–H and O–H groups in total. The average Bonchev–Trinajstić information content (AvgIpc) is 2.05. The van der Waals surface area contributed by atoms with Gasteiger partial charge in [-0.1, -0.05) is 18.2 Å². The third-order valence-electron chi connectivity index (χ3n) is 1.55. The van der Waals surface area contributed by atoms with Crippen LogP contribution in [0.15, 0.2) is 29.2 Å². The summed E-state index contributed by atoms with van der Waals surface area (Å²) >= 11 is 0. The first-order valence-electron chi connectivity index (χ1n) is 3.54. The van der Waals surface area contributed by atoms with Crippen molar-refractivity contribution in [3.8, 4) is 6.07 Å². The maximum absolute atomic E-state index is 11.1. The molecule has 1 unspecified atom stereocenters. The minimum atomic E-state index is -0.993. The Morgan fingerprint density at radius 1 is 1.50 bits per heavy atom. The lowest BCUT2D eigenvalue weighted by Crippen LogP contribution is -1.94. The van der Waals surface area contributed by atoms with Gasteiger partial charge in [-0.25, -0.2) is 0 Å². The van der Waals surface area contributed by atoms with Crippen molar-refractivity contribution in [1.82, 2.24) is 0 Å². The van der Waals surface area contributed by atoms with Gasteiger partial charge in [0.05, 0.1) is 23.3 Å². The third-order valence-corrected chi connectivity index (χ3v) is 2.57. The zero-order chi connectivity index (χ0) is 8.97. The summed E-state index contributed by atoms with van der Waals surface area (Å²) in [4.78, 5) is 0.763. The van der Waals surface area contributed by atoms with Crippen LogP contribution in [0.1, 0.15) is 5.56 Å². The second-order valence-corrected chi connectivity index (χ2v) is 3.74. The Hall–Kier alpha value is -1.14. The molecule has 2 nitrogen and oxygen atoms in total. The molecule has 0 radical (unpaired) electrons. The van der Waals surface area contributed by atoms with Gasteiger partial charge in [-0.05, 0) is 11.6 Å². The first-order chi connectivity index (χ1) is 5.75. The summed E-state index contributed by atoms with van der Waals surface area (Å²) in [6.45, 7) is 0. The lowest BCUT2D eigenvalue weighted by Gasteiger charge is -2.01. The highest BCUT2D eigenvalue weighted by Crippen LogP contribution is 2.12. The molecule has 0 aliphatic carbocycles. The van der Waals surface area contributed by atoms with E-state index in [2.05, 4.69) is 0 Å². The fourth-order valence-corrected chi connectivity index (χ4v) is 1.80. The molecule has 0 fully saturated rings. The number of benzene rings is 1. The number of rotatable bonds is 2. The van der Waals surface area contributed by atoms with Crippen LogP contribution in [-0.4, -0.2) is 10.5 Å². The van der Waals surface area contributed by atoms with Gasteiger partial charge < -0.3 is 0 Å². The molecular formula is C9H9NOS. The third kappa shape index (κ3) is 1.93. The minimum absolute atomic E-state index is 0.329. The van der Waals surface area contributed by atoms with E-state index < -0.39 is 10.8 Å². The van der Waals surface area contributed by atoms with Crippen molar-refractivity contribution in [2.45, 2.75) is 11.3 Å². The molecule has 0 amide bonds. The molecule has 0 bridgehead atoms. The van der Waals surface area contributed by atoms with Crippen molar-refractivity contribution in [2.24, 2.45) is 0 Å². The van der Waals surface area contributed by atoms with Crippen LogP contribution in [-0.2, 0) is 17.2 Å². The predicted molar refractivity (Wildman–Crippen MR) is 48.1 cm³/mol.